The van der Waals surface area contributed by atoms with Crippen molar-refractivity contribution in [2.45, 2.75) is 18.6 Å². The summed E-state index contributed by atoms with van der Waals surface area (Å²) in [6.45, 7) is 0. The summed E-state index contributed by atoms with van der Waals surface area (Å²) in [4.78, 5) is 2.09. The average Bonchev–Trinajstić information content (AvgIpc) is 2.46. The molecule has 1 N–H and O–H groups in total. The molecule has 19 heavy (non-hydrogen) atoms. The molecule has 0 amide bonds. The van der Waals surface area contributed by atoms with Gasteiger partial charge in [-0.1, -0.05) is 60.7 Å². The molecule has 0 fully saturated rings. The topological polar surface area (TPSA) is 23.5 Å². The molecule has 0 unspecified atom stereocenters. The van der Waals surface area contributed by atoms with Crippen LogP contribution in [-0.4, -0.2) is 30.1 Å². The molecule has 0 heterocycles. The Morgan fingerprint density at radius 3 is 1.95 bits per heavy atom. The van der Waals surface area contributed by atoms with Gasteiger partial charge >= 0.3 is 0 Å². The van der Waals surface area contributed by atoms with Gasteiger partial charge in [-0.25, -0.2) is 0 Å². The van der Waals surface area contributed by atoms with Gasteiger partial charge in [0.2, 0.25) is 0 Å². The molecule has 0 radical (unpaired) electrons. The van der Waals surface area contributed by atoms with Crippen LogP contribution in [0.3, 0.4) is 0 Å². The summed E-state index contributed by atoms with van der Waals surface area (Å²) < 4.78 is 0. The predicted molar refractivity (Wildman–Crippen MR) is 79.0 cm³/mol. The van der Waals surface area contributed by atoms with Gasteiger partial charge in [0, 0.05) is 6.04 Å². The third-order valence-electron chi connectivity index (χ3n) is 3.46. The molecule has 0 saturated heterocycles. The third-order valence-corrected chi connectivity index (χ3v) is 3.46. The van der Waals surface area contributed by atoms with E-state index in [1.165, 1.54) is 5.56 Å². The van der Waals surface area contributed by atoms with E-state index in [-0.39, 0.29) is 6.04 Å². The number of nitrogens with zero attached hydrogens (tertiary/aromatic N) is 1. The van der Waals surface area contributed by atoms with E-state index in [0.29, 0.717) is 0 Å². The lowest BCUT2D eigenvalue weighted by atomic mass is 9.95. The number of rotatable bonds is 5. The van der Waals surface area contributed by atoms with E-state index in [0.717, 1.165) is 12.0 Å². The predicted octanol–water partition coefficient (Wildman–Crippen LogP) is 2.89. The quantitative estimate of drug-likeness (QED) is 0.888. The minimum atomic E-state index is -0.476. The Bertz CT molecular complexity index is 481. The summed E-state index contributed by atoms with van der Waals surface area (Å²) >= 11 is 0. The number of hydrogen-bond acceptors (Lipinski definition) is 2. The maximum Gasteiger partial charge on any atom is 0.0948 e. The van der Waals surface area contributed by atoms with Crippen LogP contribution >= 0.6 is 0 Å². The molecule has 0 aromatic heterocycles. The first-order chi connectivity index (χ1) is 9.18. The molecular formula is C17H21NO. The van der Waals surface area contributed by atoms with Crippen LogP contribution in [0.15, 0.2) is 60.7 Å². The Balaban J connectivity index is 2.17. The van der Waals surface area contributed by atoms with E-state index in [1.54, 1.807) is 0 Å². The van der Waals surface area contributed by atoms with Gasteiger partial charge in [0.05, 0.1) is 6.10 Å². The first kappa shape index (κ1) is 13.8. The number of likely N-dealkylation sites (N-methyl/N-ethyl adjacent to an activating group) is 1. The highest BCUT2D eigenvalue weighted by molar-refractivity contribution is 5.21. The molecule has 0 bridgehead atoms. The molecule has 2 atom stereocenters. The summed E-state index contributed by atoms with van der Waals surface area (Å²) in [5.41, 5.74) is 2.22. The summed E-state index contributed by atoms with van der Waals surface area (Å²) in [5.74, 6) is 0. The van der Waals surface area contributed by atoms with Gasteiger partial charge in [0.25, 0.3) is 0 Å². The lowest BCUT2D eigenvalue weighted by molar-refractivity contribution is 0.0757. The fourth-order valence-corrected chi connectivity index (χ4v) is 2.30. The van der Waals surface area contributed by atoms with Crippen LogP contribution in [0.1, 0.15) is 17.2 Å². The SMILES string of the molecule is CN(C)[C@@H](Cc1ccccc1)[C@@H](O)c1ccccc1. The summed E-state index contributed by atoms with van der Waals surface area (Å²) in [6, 6.07) is 20.2. The van der Waals surface area contributed by atoms with E-state index in [9.17, 15) is 5.11 Å². The van der Waals surface area contributed by atoms with E-state index in [1.807, 2.05) is 62.6 Å². The zero-order chi connectivity index (χ0) is 13.7. The maximum atomic E-state index is 10.6. The lowest BCUT2D eigenvalue weighted by Crippen LogP contribution is -2.35. The van der Waals surface area contributed by atoms with Crippen molar-refractivity contribution in [3.05, 3.63) is 71.8 Å². The molecule has 2 rings (SSSR count). The Hall–Kier alpha value is -1.64. The van der Waals surface area contributed by atoms with Gasteiger partial charge in [-0.05, 0) is 31.6 Å². The molecule has 0 saturated carbocycles. The molecule has 0 aliphatic heterocycles. The Morgan fingerprint density at radius 2 is 1.42 bits per heavy atom. The van der Waals surface area contributed by atoms with Gasteiger partial charge < -0.3 is 10.0 Å². The van der Waals surface area contributed by atoms with Gasteiger partial charge in [-0.3, -0.25) is 0 Å². The van der Waals surface area contributed by atoms with Crippen LogP contribution in [0.4, 0.5) is 0 Å². The molecule has 2 aromatic rings. The molecule has 0 spiro atoms. The zero-order valence-corrected chi connectivity index (χ0v) is 11.5. The molecule has 2 heteroatoms. The Labute approximate surface area is 115 Å². The van der Waals surface area contributed by atoms with Crippen LogP contribution in [0, 0.1) is 0 Å². The lowest BCUT2D eigenvalue weighted by Gasteiger charge is -2.29. The number of aliphatic hydroxyl groups excluding tert-OH is 1. The summed E-state index contributed by atoms with van der Waals surface area (Å²) in [7, 11) is 4.03. The van der Waals surface area contributed by atoms with E-state index in [2.05, 4.69) is 17.0 Å². The van der Waals surface area contributed by atoms with Gasteiger partial charge in [0.15, 0.2) is 0 Å². The minimum absolute atomic E-state index is 0.0739. The number of benzene rings is 2. The highest BCUT2D eigenvalue weighted by atomic mass is 16.3. The van der Waals surface area contributed by atoms with Crippen molar-refractivity contribution in [1.29, 1.82) is 0 Å². The van der Waals surface area contributed by atoms with Crippen molar-refractivity contribution in [3.8, 4) is 0 Å². The Kier molecular flexibility index (Phi) is 4.72. The first-order valence-corrected chi connectivity index (χ1v) is 6.62. The molecule has 0 aliphatic rings. The van der Waals surface area contributed by atoms with Gasteiger partial charge in [-0.2, -0.15) is 0 Å². The van der Waals surface area contributed by atoms with E-state index >= 15 is 0 Å². The molecule has 100 valence electrons. The number of aliphatic hydroxyl groups is 1. The van der Waals surface area contributed by atoms with Crippen LogP contribution in [0.5, 0.6) is 0 Å². The molecular weight excluding hydrogens is 234 g/mol. The van der Waals surface area contributed by atoms with Crippen molar-refractivity contribution in [3.63, 3.8) is 0 Å². The van der Waals surface area contributed by atoms with Crippen LogP contribution in [0.25, 0.3) is 0 Å². The average molecular weight is 255 g/mol. The second-order valence-electron chi connectivity index (χ2n) is 5.08. The fourth-order valence-electron chi connectivity index (χ4n) is 2.30. The smallest absolute Gasteiger partial charge is 0.0948 e. The molecule has 2 nitrogen and oxygen atoms in total. The van der Waals surface area contributed by atoms with Crippen molar-refractivity contribution >= 4 is 0 Å². The fraction of sp³-hybridized carbons (Fsp3) is 0.294. The van der Waals surface area contributed by atoms with Crippen molar-refractivity contribution < 1.29 is 5.11 Å². The monoisotopic (exact) mass is 255 g/mol. The summed E-state index contributed by atoms with van der Waals surface area (Å²) in [5, 5.41) is 10.6. The molecule has 0 aliphatic carbocycles. The van der Waals surface area contributed by atoms with E-state index in [4.69, 9.17) is 0 Å². The highest BCUT2D eigenvalue weighted by Gasteiger charge is 2.22. The second kappa shape index (κ2) is 6.50. The van der Waals surface area contributed by atoms with Gasteiger partial charge in [-0.15, -0.1) is 0 Å². The maximum absolute atomic E-state index is 10.6. The van der Waals surface area contributed by atoms with Crippen molar-refractivity contribution in [2.75, 3.05) is 14.1 Å². The van der Waals surface area contributed by atoms with E-state index < -0.39 is 6.10 Å². The second-order valence-corrected chi connectivity index (χ2v) is 5.08. The van der Waals surface area contributed by atoms with Crippen LogP contribution < -0.4 is 0 Å². The van der Waals surface area contributed by atoms with Gasteiger partial charge in [0.1, 0.15) is 0 Å². The van der Waals surface area contributed by atoms with Crippen LogP contribution in [0.2, 0.25) is 0 Å². The standard InChI is InChI=1S/C17H21NO/c1-18(2)16(13-14-9-5-3-6-10-14)17(19)15-11-7-4-8-12-15/h3-12,16-17,19H,13H2,1-2H3/t16-,17-/m0/s1. The first-order valence-electron chi connectivity index (χ1n) is 6.62. The normalized spacial score (nSPS) is 14.3. The molecule has 2 aromatic carbocycles. The minimum Gasteiger partial charge on any atom is -0.387 e. The zero-order valence-electron chi connectivity index (χ0n) is 11.5. The third kappa shape index (κ3) is 3.66. The number of hydrogen-bond donors (Lipinski definition) is 1. The van der Waals surface area contributed by atoms with Crippen molar-refractivity contribution in [1.82, 2.24) is 4.90 Å². The van der Waals surface area contributed by atoms with Crippen molar-refractivity contribution in [2.24, 2.45) is 0 Å². The Morgan fingerprint density at radius 1 is 0.895 bits per heavy atom. The van der Waals surface area contributed by atoms with Crippen LogP contribution in [-0.2, 0) is 6.42 Å². The largest absolute Gasteiger partial charge is 0.387 e. The highest BCUT2D eigenvalue weighted by Crippen LogP contribution is 2.22. The summed E-state index contributed by atoms with van der Waals surface area (Å²) in [6.07, 6.45) is 0.362.